The largest absolute Gasteiger partial charge is 0.383 e. The first-order valence-electron chi connectivity index (χ1n) is 6.25. The summed E-state index contributed by atoms with van der Waals surface area (Å²) in [6.45, 7) is 3.70. The van der Waals surface area contributed by atoms with Gasteiger partial charge in [0, 0.05) is 19.7 Å². The lowest BCUT2D eigenvalue weighted by Crippen LogP contribution is -2.32. The average molecular weight is 264 g/mol. The van der Waals surface area contributed by atoms with Gasteiger partial charge in [-0.15, -0.1) is 0 Å². The van der Waals surface area contributed by atoms with Crippen molar-refractivity contribution in [3.8, 4) is 11.8 Å². The molecule has 1 atom stereocenters. The van der Waals surface area contributed by atoms with Crippen LogP contribution in [0, 0.1) is 17.7 Å². The van der Waals surface area contributed by atoms with Crippen LogP contribution < -0.4 is 5.73 Å². The van der Waals surface area contributed by atoms with Gasteiger partial charge in [-0.1, -0.05) is 17.9 Å². The zero-order valence-corrected chi connectivity index (χ0v) is 11.7. The molecule has 1 unspecified atom stereocenters. The number of hydrogen-bond acceptors (Lipinski definition) is 3. The Balaban J connectivity index is 2.79. The van der Waals surface area contributed by atoms with Crippen LogP contribution in [0.3, 0.4) is 0 Å². The predicted molar refractivity (Wildman–Crippen MR) is 75.1 cm³/mol. The molecule has 0 aliphatic carbocycles. The molecule has 3 nitrogen and oxygen atoms in total. The summed E-state index contributed by atoms with van der Waals surface area (Å²) in [6.07, 6.45) is 0. The fourth-order valence-electron chi connectivity index (χ4n) is 1.73. The fourth-order valence-corrected chi connectivity index (χ4v) is 1.73. The van der Waals surface area contributed by atoms with Crippen molar-refractivity contribution in [2.24, 2.45) is 5.73 Å². The molecule has 1 rings (SSSR count). The molecule has 104 valence electrons. The normalized spacial score (nSPS) is 12.1. The van der Waals surface area contributed by atoms with Crippen LogP contribution in [-0.2, 0) is 11.3 Å². The second kappa shape index (κ2) is 7.90. The molecule has 0 bridgehead atoms. The molecule has 4 heteroatoms. The van der Waals surface area contributed by atoms with Crippen molar-refractivity contribution >= 4 is 0 Å². The van der Waals surface area contributed by atoms with Crippen LogP contribution >= 0.6 is 0 Å². The van der Waals surface area contributed by atoms with Crippen LogP contribution in [0.5, 0.6) is 0 Å². The zero-order valence-electron chi connectivity index (χ0n) is 11.7. The van der Waals surface area contributed by atoms with Crippen LogP contribution in [0.2, 0.25) is 0 Å². The molecular formula is C15H21FN2O. The van der Waals surface area contributed by atoms with E-state index in [0.29, 0.717) is 18.2 Å². The van der Waals surface area contributed by atoms with Gasteiger partial charge < -0.3 is 10.5 Å². The third-order valence-corrected chi connectivity index (χ3v) is 2.95. The van der Waals surface area contributed by atoms with Gasteiger partial charge in [0.1, 0.15) is 5.82 Å². The van der Waals surface area contributed by atoms with Crippen LogP contribution in [0.1, 0.15) is 18.1 Å². The molecule has 0 spiro atoms. The van der Waals surface area contributed by atoms with Gasteiger partial charge in [0.15, 0.2) is 0 Å². The number of ether oxygens (including phenoxy) is 1. The third kappa shape index (κ3) is 4.99. The van der Waals surface area contributed by atoms with Gasteiger partial charge in [0.05, 0.1) is 18.7 Å². The number of rotatable bonds is 5. The maximum absolute atomic E-state index is 13.5. The van der Waals surface area contributed by atoms with Gasteiger partial charge >= 0.3 is 0 Å². The highest BCUT2D eigenvalue weighted by Gasteiger charge is 2.10. The average Bonchev–Trinajstić information content (AvgIpc) is 2.39. The van der Waals surface area contributed by atoms with Crippen molar-refractivity contribution in [3.05, 3.63) is 35.1 Å². The number of halogens is 1. The van der Waals surface area contributed by atoms with E-state index >= 15 is 0 Å². The number of nitrogens with two attached hydrogens (primary N) is 1. The lowest BCUT2D eigenvalue weighted by Gasteiger charge is -2.24. The van der Waals surface area contributed by atoms with E-state index < -0.39 is 0 Å². The summed E-state index contributed by atoms with van der Waals surface area (Å²) in [6, 6.07) is 5.30. The van der Waals surface area contributed by atoms with Crippen LogP contribution in [0.4, 0.5) is 4.39 Å². The predicted octanol–water partition coefficient (Wildman–Crippen LogP) is 1.60. The first-order chi connectivity index (χ1) is 9.08. The standard InChI is InChI=1S/C15H21FN2O/c1-12(11-19-3)18(2)10-13-6-7-15(16)14(9-13)5-4-8-17/h6-7,9,12H,8,10-11,17H2,1-3H3. The van der Waals surface area contributed by atoms with Gasteiger partial charge in [0.2, 0.25) is 0 Å². The molecule has 1 aromatic carbocycles. The Bertz CT molecular complexity index is 465. The van der Waals surface area contributed by atoms with E-state index in [2.05, 4.69) is 23.7 Å². The highest BCUT2D eigenvalue weighted by atomic mass is 19.1. The second-order valence-corrected chi connectivity index (χ2v) is 4.54. The van der Waals surface area contributed by atoms with E-state index in [1.54, 1.807) is 19.2 Å². The topological polar surface area (TPSA) is 38.5 Å². The summed E-state index contributed by atoms with van der Waals surface area (Å²) in [5.41, 5.74) is 6.72. The Morgan fingerprint density at radius 1 is 1.47 bits per heavy atom. The van der Waals surface area contributed by atoms with E-state index in [9.17, 15) is 4.39 Å². The zero-order chi connectivity index (χ0) is 14.3. The minimum Gasteiger partial charge on any atom is -0.383 e. The molecular weight excluding hydrogens is 243 g/mol. The molecule has 19 heavy (non-hydrogen) atoms. The minimum absolute atomic E-state index is 0.231. The van der Waals surface area contributed by atoms with Gasteiger partial charge in [-0.2, -0.15) is 0 Å². The molecule has 0 aliphatic heterocycles. The van der Waals surface area contributed by atoms with Gasteiger partial charge in [-0.05, 0) is 31.7 Å². The third-order valence-electron chi connectivity index (χ3n) is 2.95. The maximum Gasteiger partial charge on any atom is 0.138 e. The van der Waals surface area contributed by atoms with Crippen LogP contribution in [0.15, 0.2) is 18.2 Å². The van der Waals surface area contributed by atoms with Crippen molar-refractivity contribution in [2.45, 2.75) is 19.5 Å². The Morgan fingerprint density at radius 3 is 2.84 bits per heavy atom. The number of nitrogens with zero attached hydrogens (tertiary/aromatic N) is 1. The van der Waals surface area contributed by atoms with E-state index in [4.69, 9.17) is 10.5 Å². The summed E-state index contributed by atoms with van der Waals surface area (Å²) < 4.78 is 18.7. The minimum atomic E-state index is -0.308. The molecule has 0 fully saturated rings. The SMILES string of the molecule is COCC(C)N(C)Cc1ccc(F)c(C#CCN)c1. The van der Waals surface area contributed by atoms with Gasteiger partial charge in [0.25, 0.3) is 0 Å². The molecule has 2 N–H and O–H groups in total. The first-order valence-corrected chi connectivity index (χ1v) is 6.25. The van der Waals surface area contributed by atoms with E-state index in [1.165, 1.54) is 6.07 Å². The summed E-state index contributed by atoms with van der Waals surface area (Å²) in [5, 5.41) is 0. The van der Waals surface area contributed by atoms with E-state index in [-0.39, 0.29) is 12.4 Å². The molecule has 0 radical (unpaired) electrons. The molecule has 0 aromatic heterocycles. The lowest BCUT2D eigenvalue weighted by molar-refractivity contribution is 0.112. The Labute approximate surface area is 114 Å². The van der Waals surface area contributed by atoms with Gasteiger partial charge in [-0.25, -0.2) is 4.39 Å². The maximum atomic E-state index is 13.5. The van der Waals surface area contributed by atoms with E-state index in [0.717, 1.165) is 12.1 Å². The second-order valence-electron chi connectivity index (χ2n) is 4.54. The summed E-state index contributed by atoms with van der Waals surface area (Å²) in [5.74, 6) is 5.11. The number of hydrogen-bond donors (Lipinski definition) is 1. The summed E-state index contributed by atoms with van der Waals surface area (Å²) in [4.78, 5) is 2.15. The van der Waals surface area contributed by atoms with E-state index in [1.807, 2.05) is 7.05 Å². The molecule has 0 saturated heterocycles. The molecule has 0 saturated carbocycles. The van der Waals surface area contributed by atoms with Gasteiger partial charge in [-0.3, -0.25) is 4.90 Å². The Hall–Kier alpha value is -1.41. The van der Waals surface area contributed by atoms with Crippen LogP contribution in [-0.4, -0.2) is 38.3 Å². The van der Waals surface area contributed by atoms with Crippen molar-refractivity contribution in [2.75, 3.05) is 27.3 Å². The molecule has 0 aliphatic rings. The van der Waals surface area contributed by atoms with Crippen molar-refractivity contribution < 1.29 is 9.13 Å². The fraction of sp³-hybridized carbons (Fsp3) is 0.467. The number of methoxy groups -OCH3 is 1. The van der Waals surface area contributed by atoms with Crippen molar-refractivity contribution in [1.29, 1.82) is 0 Å². The highest BCUT2D eigenvalue weighted by molar-refractivity contribution is 5.38. The Morgan fingerprint density at radius 2 is 2.21 bits per heavy atom. The van der Waals surface area contributed by atoms with Crippen molar-refractivity contribution in [1.82, 2.24) is 4.90 Å². The molecule has 0 heterocycles. The molecule has 1 aromatic rings. The molecule has 0 amide bonds. The highest BCUT2D eigenvalue weighted by Crippen LogP contribution is 2.12. The lowest BCUT2D eigenvalue weighted by atomic mass is 10.1. The number of benzene rings is 1. The summed E-state index contributed by atoms with van der Waals surface area (Å²) >= 11 is 0. The quantitative estimate of drug-likeness (QED) is 0.821. The summed E-state index contributed by atoms with van der Waals surface area (Å²) in [7, 11) is 3.70. The monoisotopic (exact) mass is 264 g/mol. The smallest absolute Gasteiger partial charge is 0.138 e. The van der Waals surface area contributed by atoms with Crippen LogP contribution in [0.25, 0.3) is 0 Å². The first kappa shape index (κ1) is 15.6. The Kier molecular flexibility index (Phi) is 6.51. The van der Waals surface area contributed by atoms with Crippen molar-refractivity contribution in [3.63, 3.8) is 0 Å². The number of likely N-dealkylation sites (N-methyl/N-ethyl adjacent to an activating group) is 1.